The number of nitrogens with zero attached hydrogens (tertiary/aromatic N) is 3. The van der Waals surface area contributed by atoms with Gasteiger partial charge in [0.05, 0.1) is 11.6 Å². The Kier molecular flexibility index (Phi) is 6.07. The Morgan fingerprint density at radius 1 is 1.09 bits per heavy atom. The van der Waals surface area contributed by atoms with Crippen LogP contribution in [0, 0.1) is 0 Å². The van der Waals surface area contributed by atoms with Gasteiger partial charge < -0.3 is 14.7 Å². The van der Waals surface area contributed by atoms with Crippen molar-refractivity contribution in [1.82, 2.24) is 14.9 Å². The number of Topliss-reactive ketones (excluding diaryl/α,β-unsaturated/α-hetero) is 1. The number of hydrogen-bond acceptors (Lipinski definition) is 6. The van der Waals surface area contributed by atoms with E-state index in [4.69, 9.17) is 4.74 Å². The summed E-state index contributed by atoms with van der Waals surface area (Å²) in [5.41, 5.74) is 1.84. The number of ether oxygens (including phenoxy) is 1. The first-order valence-electron chi connectivity index (χ1n) is 10.0. The van der Waals surface area contributed by atoms with Gasteiger partial charge in [-0.15, -0.1) is 0 Å². The van der Waals surface area contributed by atoms with Crippen molar-refractivity contribution in [3.8, 4) is 5.75 Å². The number of aliphatic hydroxyl groups excluding tert-OH is 1. The summed E-state index contributed by atoms with van der Waals surface area (Å²) >= 11 is 0. The lowest BCUT2D eigenvalue weighted by Gasteiger charge is -2.25. The van der Waals surface area contributed by atoms with Gasteiger partial charge in [-0.25, -0.2) is 0 Å². The van der Waals surface area contributed by atoms with Crippen molar-refractivity contribution in [2.24, 2.45) is 0 Å². The molecule has 1 N–H and O–H groups in total. The maximum atomic E-state index is 13.1. The molecule has 3 heterocycles. The van der Waals surface area contributed by atoms with Crippen LogP contribution < -0.4 is 4.74 Å². The Bertz CT molecular complexity index is 1180. The number of pyridine rings is 2. The summed E-state index contributed by atoms with van der Waals surface area (Å²) in [5, 5.41) is 11.0. The largest absolute Gasteiger partial charge is 0.507 e. The van der Waals surface area contributed by atoms with E-state index in [-0.39, 0.29) is 17.9 Å². The highest BCUT2D eigenvalue weighted by atomic mass is 16.5. The van der Waals surface area contributed by atoms with Gasteiger partial charge in [0.2, 0.25) is 0 Å². The molecule has 3 aromatic rings. The lowest BCUT2D eigenvalue weighted by Crippen LogP contribution is -2.29. The van der Waals surface area contributed by atoms with Crippen molar-refractivity contribution in [2.45, 2.75) is 12.6 Å². The molecule has 7 nitrogen and oxygen atoms in total. The minimum atomic E-state index is -0.796. The van der Waals surface area contributed by atoms with Crippen LogP contribution in [-0.4, -0.2) is 38.3 Å². The summed E-state index contributed by atoms with van der Waals surface area (Å²) in [6, 6.07) is 13.1. The van der Waals surface area contributed by atoms with Gasteiger partial charge in [-0.3, -0.25) is 19.6 Å². The van der Waals surface area contributed by atoms with Gasteiger partial charge in [-0.05, 0) is 41.5 Å². The molecule has 1 aliphatic rings. The minimum Gasteiger partial charge on any atom is -0.507 e. The van der Waals surface area contributed by atoms with Gasteiger partial charge in [-0.1, -0.05) is 30.9 Å². The van der Waals surface area contributed by atoms with Crippen molar-refractivity contribution in [1.29, 1.82) is 0 Å². The zero-order valence-corrected chi connectivity index (χ0v) is 17.2. The third-order valence-corrected chi connectivity index (χ3v) is 5.11. The SMILES string of the molecule is C=CCOc1cccc(C2/C(=C(\O)c3ccncc3)C(=O)C(=O)N2Cc2cccnc2)c1. The van der Waals surface area contributed by atoms with E-state index in [1.165, 1.54) is 17.3 Å². The van der Waals surface area contributed by atoms with Crippen LogP contribution in [-0.2, 0) is 16.1 Å². The number of carbonyl (C=O) groups excluding carboxylic acids is 2. The van der Waals surface area contributed by atoms with Crippen LogP contribution in [0.25, 0.3) is 5.76 Å². The summed E-state index contributed by atoms with van der Waals surface area (Å²) in [6.45, 7) is 4.13. The summed E-state index contributed by atoms with van der Waals surface area (Å²) in [7, 11) is 0. The number of ketones is 1. The molecule has 1 atom stereocenters. The third kappa shape index (κ3) is 4.13. The smallest absolute Gasteiger partial charge is 0.295 e. The van der Waals surface area contributed by atoms with E-state index in [2.05, 4.69) is 16.5 Å². The van der Waals surface area contributed by atoms with Gasteiger partial charge in [0.25, 0.3) is 11.7 Å². The van der Waals surface area contributed by atoms with Crippen molar-refractivity contribution in [3.63, 3.8) is 0 Å². The van der Waals surface area contributed by atoms with Crippen LogP contribution in [0.5, 0.6) is 5.75 Å². The molecule has 0 aliphatic carbocycles. The normalized spacial score (nSPS) is 17.4. The van der Waals surface area contributed by atoms with Crippen LogP contribution in [0.1, 0.15) is 22.7 Å². The Hall–Kier alpha value is -4.26. The average Bonchev–Trinajstić information content (AvgIpc) is 3.08. The third-order valence-electron chi connectivity index (χ3n) is 5.11. The molecule has 0 saturated carbocycles. The molecule has 160 valence electrons. The highest BCUT2D eigenvalue weighted by molar-refractivity contribution is 6.46. The summed E-state index contributed by atoms with van der Waals surface area (Å²) in [4.78, 5) is 35.6. The molecule has 4 rings (SSSR count). The molecule has 0 spiro atoms. The van der Waals surface area contributed by atoms with E-state index in [0.29, 0.717) is 23.5 Å². The number of amides is 1. The lowest BCUT2D eigenvalue weighted by atomic mass is 9.95. The monoisotopic (exact) mass is 427 g/mol. The molecular formula is C25H21N3O4. The Morgan fingerprint density at radius 3 is 2.62 bits per heavy atom. The molecular weight excluding hydrogens is 406 g/mol. The summed E-state index contributed by atoms with van der Waals surface area (Å²) < 4.78 is 5.64. The Morgan fingerprint density at radius 2 is 1.91 bits per heavy atom. The summed E-state index contributed by atoms with van der Waals surface area (Å²) in [5.74, 6) is -1.11. The van der Waals surface area contributed by atoms with Gasteiger partial charge in [0.1, 0.15) is 18.1 Å². The maximum absolute atomic E-state index is 13.1. The van der Waals surface area contributed by atoms with E-state index in [0.717, 1.165) is 5.56 Å². The van der Waals surface area contributed by atoms with Crippen molar-refractivity contribution < 1.29 is 19.4 Å². The number of likely N-dealkylation sites (tertiary alicyclic amines) is 1. The number of hydrogen-bond donors (Lipinski definition) is 1. The zero-order chi connectivity index (χ0) is 22.5. The van der Waals surface area contributed by atoms with E-state index in [1.54, 1.807) is 60.9 Å². The van der Waals surface area contributed by atoms with Crippen molar-refractivity contribution >= 4 is 17.4 Å². The molecule has 1 fully saturated rings. The van der Waals surface area contributed by atoms with Gasteiger partial charge >= 0.3 is 0 Å². The van der Waals surface area contributed by atoms with E-state index < -0.39 is 17.7 Å². The molecule has 1 amide bonds. The highest BCUT2D eigenvalue weighted by Gasteiger charge is 2.46. The van der Waals surface area contributed by atoms with Crippen LogP contribution in [0.4, 0.5) is 0 Å². The minimum absolute atomic E-state index is 0.0194. The highest BCUT2D eigenvalue weighted by Crippen LogP contribution is 2.41. The predicted molar refractivity (Wildman–Crippen MR) is 118 cm³/mol. The fourth-order valence-corrected chi connectivity index (χ4v) is 3.67. The molecule has 2 aromatic heterocycles. The number of carbonyl (C=O) groups is 2. The van der Waals surface area contributed by atoms with E-state index in [9.17, 15) is 14.7 Å². The van der Waals surface area contributed by atoms with Gasteiger partial charge in [0, 0.05) is 36.9 Å². The second-order valence-electron chi connectivity index (χ2n) is 7.20. The molecule has 0 radical (unpaired) electrons. The average molecular weight is 427 g/mol. The first-order chi connectivity index (χ1) is 15.6. The topological polar surface area (TPSA) is 92.6 Å². The Balaban J connectivity index is 1.84. The molecule has 32 heavy (non-hydrogen) atoms. The molecule has 1 saturated heterocycles. The lowest BCUT2D eigenvalue weighted by molar-refractivity contribution is -0.140. The second-order valence-corrected chi connectivity index (χ2v) is 7.20. The van der Waals surface area contributed by atoms with Gasteiger partial charge in [0.15, 0.2) is 0 Å². The fraction of sp³-hybridized carbons (Fsp3) is 0.120. The Labute approximate surface area is 185 Å². The zero-order valence-electron chi connectivity index (χ0n) is 17.2. The fourth-order valence-electron chi connectivity index (χ4n) is 3.67. The number of benzene rings is 1. The van der Waals surface area contributed by atoms with Crippen molar-refractivity contribution in [3.05, 3.63) is 108 Å². The van der Waals surface area contributed by atoms with Crippen LogP contribution in [0.15, 0.2) is 91.5 Å². The van der Waals surface area contributed by atoms with E-state index >= 15 is 0 Å². The quantitative estimate of drug-likeness (QED) is 0.268. The summed E-state index contributed by atoms with van der Waals surface area (Å²) in [6.07, 6.45) is 7.94. The molecule has 1 aromatic carbocycles. The van der Waals surface area contributed by atoms with Crippen LogP contribution >= 0.6 is 0 Å². The molecule has 0 bridgehead atoms. The molecule has 7 heteroatoms. The molecule has 1 unspecified atom stereocenters. The standard InChI is InChI=1S/C25H21N3O4/c1-2-13-32-20-7-3-6-19(14-20)22-21(23(29)18-8-11-26-12-9-18)24(30)25(31)28(22)16-17-5-4-10-27-15-17/h2-12,14-15,22,29H,1,13,16H2/b23-21+. The van der Waals surface area contributed by atoms with Crippen LogP contribution in [0.3, 0.4) is 0 Å². The molecule has 1 aliphatic heterocycles. The van der Waals surface area contributed by atoms with Crippen molar-refractivity contribution in [2.75, 3.05) is 6.61 Å². The van der Waals surface area contributed by atoms with Crippen LogP contribution in [0.2, 0.25) is 0 Å². The number of aromatic nitrogens is 2. The first kappa shape index (κ1) is 21.0. The number of rotatable bonds is 7. The second kappa shape index (κ2) is 9.26. The van der Waals surface area contributed by atoms with E-state index in [1.807, 2.05) is 6.07 Å². The van der Waals surface area contributed by atoms with Gasteiger partial charge in [-0.2, -0.15) is 0 Å². The first-order valence-corrected chi connectivity index (χ1v) is 10.0. The maximum Gasteiger partial charge on any atom is 0.295 e. The number of aliphatic hydroxyl groups is 1. The predicted octanol–water partition coefficient (Wildman–Crippen LogP) is 3.66.